The molecule has 0 aliphatic carbocycles. The summed E-state index contributed by atoms with van der Waals surface area (Å²) in [7, 11) is -3.84. The van der Waals surface area contributed by atoms with Crippen molar-refractivity contribution in [3.05, 3.63) is 74.3 Å². The first-order valence-electron chi connectivity index (χ1n) is 7.28. The lowest BCUT2D eigenvalue weighted by molar-refractivity contribution is 0.103. The zero-order valence-corrected chi connectivity index (χ0v) is 17.0. The highest BCUT2D eigenvalue weighted by molar-refractivity contribution is 9.10. The number of amides is 1. The third-order valence-electron chi connectivity index (χ3n) is 3.32. The summed E-state index contributed by atoms with van der Waals surface area (Å²) in [5.41, 5.74) is 0.737. The van der Waals surface area contributed by atoms with Crippen molar-refractivity contribution >= 4 is 66.2 Å². The molecule has 1 aromatic heterocycles. The predicted octanol–water partition coefficient (Wildman–Crippen LogP) is 5.22. The molecule has 0 spiro atoms. The quantitative estimate of drug-likeness (QED) is 0.536. The van der Waals surface area contributed by atoms with Crippen LogP contribution < -0.4 is 10.0 Å². The van der Waals surface area contributed by atoms with Crippen LogP contribution in [0.4, 0.5) is 11.4 Å². The highest BCUT2D eigenvalue weighted by Gasteiger charge is 2.21. The summed E-state index contributed by atoms with van der Waals surface area (Å²) in [6, 6.07) is 14.7. The fraction of sp³-hybridized carbons (Fsp3) is 0. The normalized spacial score (nSPS) is 11.2. The molecule has 0 radical (unpaired) electrons. The van der Waals surface area contributed by atoms with E-state index in [4.69, 9.17) is 11.6 Å². The van der Waals surface area contributed by atoms with Crippen LogP contribution in [0.5, 0.6) is 0 Å². The van der Waals surface area contributed by atoms with Crippen molar-refractivity contribution in [1.82, 2.24) is 0 Å². The van der Waals surface area contributed by atoms with Gasteiger partial charge >= 0.3 is 0 Å². The minimum Gasteiger partial charge on any atom is -0.321 e. The van der Waals surface area contributed by atoms with Gasteiger partial charge in [-0.1, -0.05) is 29.8 Å². The molecule has 0 unspecified atom stereocenters. The summed E-state index contributed by atoms with van der Waals surface area (Å²) in [4.78, 5) is 12.8. The molecule has 2 N–H and O–H groups in total. The van der Waals surface area contributed by atoms with Crippen LogP contribution in [-0.4, -0.2) is 14.3 Å². The van der Waals surface area contributed by atoms with Gasteiger partial charge in [0.2, 0.25) is 0 Å². The van der Waals surface area contributed by atoms with E-state index in [1.54, 1.807) is 53.9 Å². The fourth-order valence-corrected chi connectivity index (χ4v) is 5.26. The number of hydrogen-bond donors (Lipinski definition) is 2. The Bertz CT molecular complexity index is 1070. The lowest BCUT2D eigenvalue weighted by Crippen LogP contribution is -2.17. The first-order valence-corrected chi connectivity index (χ1v) is 10.8. The molecule has 9 heteroatoms. The standard InChI is InChI=1S/C17H12BrClN2O3S2/c18-13-6-1-2-7-15(13)26(23,24)21-14-8-9-25-16(14)17(22)20-12-5-3-4-11(19)10-12/h1-10,21H,(H,20,22). The zero-order chi connectivity index (χ0) is 18.7. The Morgan fingerprint density at radius 1 is 1.08 bits per heavy atom. The average Bonchev–Trinajstić information content (AvgIpc) is 3.02. The number of nitrogens with one attached hydrogen (secondary N) is 2. The molecule has 26 heavy (non-hydrogen) atoms. The first kappa shape index (κ1) is 18.9. The van der Waals surface area contributed by atoms with Crippen molar-refractivity contribution in [2.75, 3.05) is 10.0 Å². The molecule has 1 amide bonds. The molecule has 0 atom stereocenters. The third-order valence-corrected chi connectivity index (χ3v) is 6.85. The summed E-state index contributed by atoms with van der Waals surface area (Å²) in [5.74, 6) is -0.424. The highest BCUT2D eigenvalue weighted by atomic mass is 79.9. The number of thiophene rings is 1. The summed E-state index contributed by atoms with van der Waals surface area (Å²) in [6.07, 6.45) is 0. The molecule has 5 nitrogen and oxygen atoms in total. The molecule has 3 aromatic rings. The van der Waals surface area contributed by atoms with Crippen LogP contribution in [-0.2, 0) is 10.0 Å². The van der Waals surface area contributed by atoms with Gasteiger partial charge in [-0.05, 0) is 57.7 Å². The summed E-state index contributed by atoms with van der Waals surface area (Å²) in [6.45, 7) is 0. The van der Waals surface area contributed by atoms with Crippen LogP contribution in [0.3, 0.4) is 0 Å². The summed E-state index contributed by atoms with van der Waals surface area (Å²) < 4.78 is 28.1. The van der Waals surface area contributed by atoms with E-state index in [9.17, 15) is 13.2 Å². The van der Waals surface area contributed by atoms with Crippen LogP contribution in [0.25, 0.3) is 0 Å². The van der Waals surface area contributed by atoms with Gasteiger partial charge < -0.3 is 5.32 Å². The molecule has 0 bridgehead atoms. The lowest BCUT2D eigenvalue weighted by Gasteiger charge is -2.10. The van der Waals surface area contributed by atoms with Gasteiger partial charge in [0.25, 0.3) is 15.9 Å². The van der Waals surface area contributed by atoms with Crippen molar-refractivity contribution in [3.63, 3.8) is 0 Å². The van der Waals surface area contributed by atoms with Gasteiger partial charge in [0.05, 0.1) is 5.69 Å². The third kappa shape index (κ3) is 4.27. The van der Waals surface area contributed by atoms with Crippen molar-refractivity contribution in [2.45, 2.75) is 4.90 Å². The van der Waals surface area contributed by atoms with E-state index in [0.717, 1.165) is 11.3 Å². The Balaban J connectivity index is 1.85. The highest BCUT2D eigenvalue weighted by Crippen LogP contribution is 2.29. The van der Waals surface area contributed by atoms with Crippen molar-refractivity contribution in [1.29, 1.82) is 0 Å². The molecule has 0 fully saturated rings. The Morgan fingerprint density at radius 2 is 1.85 bits per heavy atom. The molecule has 134 valence electrons. The van der Waals surface area contributed by atoms with Gasteiger partial charge in [0.15, 0.2) is 0 Å². The Morgan fingerprint density at radius 3 is 2.58 bits per heavy atom. The lowest BCUT2D eigenvalue weighted by atomic mass is 10.3. The minimum atomic E-state index is -3.84. The monoisotopic (exact) mass is 470 g/mol. The number of hydrogen-bond acceptors (Lipinski definition) is 4. The molecule has 1 heterocycles. The van der Waals surface area contributed by atoms with E-state index in [-0.39, 0.29) is 15.5 Å². The number of rotatable bonds is 5. The molecular formula is C17H12BrClN2O3S2. The number of carbonyl (C=O) groups excluding carboxylic acids is 1. The Hall–Kier alpha value is -1.87. The topological polar surface area (TPSA) is 75.3 Å². The Kier molecular flexibility index (Phi) is 5.67. The second-order valence-corrected chi connectivity index (χ2v) is 9.02. The largest absolute Gasteiger partial charge is 0.321 e. The zero-order valence-electron chi connectivity index (χ0n) is 13.1. The first-order chi connectivity index (χ1) is 12.4. The number of benzene rings is 2. The minimum absolute atomic E-state index is 0.0902. The van der Waals surface area contributed by atoms with Gasteiger partial charge in [-0.2, -0.15) is 0 Å². The van der Waals surface area contributed by atoms with Crippen LogP contribution in [0.15, 0.2) is 69.3 Å². The molecule has 0 saturated carbocycles. The maximum Gasteiger partial charge on any atom is 0.267 e. The van der Waals surface area contributed by atoms with Crippen molar-refractivity contribution < 1.29 is 13.2 Å². The number of carbonyl (C=O) groups is 1. The maximum absolute atomic E-state index is 12.6. The Labute approximate surface area is 168 Å². The van der Waals surface area contributed by atoms with Crippen LogP contribution in [0.2, 0.25) is 5.02 Å². The molecule has 3 rings (SSSR count). The summed E-state index contributed by atoms with van der Waals surface area (Å²) in [5, 5.41) is 4.84. The number of halogens is 2. The van der Waals surface area contributed by atoms with Crippen molar-refractivity contribution in [3.8, 4) is 0 Å². The van der Waals surface area contributed by atoms with E-state index in [1.807, 2.05) is 0 Å². The van der Waals surface area contributed by atoms with Crippen LogP contribution >= 0.6 is 38.9 Å². The smallest absolute Gasteiger partial charge is 0.267 e. The fourth-order valence-electron chi connectivity index (χ4n) is 2.18. The molecule has 0 aliphatic heterocycles. The number of anilines is 2. The average molecular weight is 472 g/mol. The summed E-state index contributed by atoms with van der Waals surface area (Å²) >= 11 is 10.3. The van der Waals surface area contributed by atoms with Gasteiger partial charge in [-0.25, -0.2) is 8.42 Å². The number of sulfonamides is 1. The van der Waals surface area contributed by atoms with E-state index >= 15 is 0 Å². The molecule has 2 aromatic carbocycles. The van der Waals surface area contributed by atoms with Gasteiger partial charge in [0.1, 0.15) is 9.77 Å². The molecule has 0 aliphatic rings. The van der Waals surface area contributed by atoms with Gasteiger partial charge in [-0.3, -0.25) is 9.52 Å². The van der Waals surface area contributed by atoms with Gasteiger partial charge in [0, 0.05) is 15.2 Å². The second-order valence-electron chi connectivity index (χ2n) is 5.16. The molecule has 0 saturated heterocycles. The van der Waals surface area contributed by atoms with E-state index < -0.39 is 15.9 Å². The van der Waals surface area contributed by atoms with E-state index in [2.05, 4.69) is 26.0 Å². The van der Waals surface area contributed by atoms with E-state index in [1.165, 1.54) is 6.07 Å². The maximum atomic E-state index is 12.6. The predicted molar refractivity (Wildman–Crippen MR) is 109 cm³/mol. The van der Waals surface area contributed by atoms with Crippen LogP contribution in [0, 0.1) is 0 Å². The van der Waals surface area contributed by atoms with Gasteiger partial charge in [-0.15, -0.1) is 11.3 Å². The SMILES string of the molecule is O=C(Nc1cccc(Cl)c1)c1sccc1NS(=O)(=O)c1ccccc1Br. The van der Waals surface area contributed by atoms with E-state index in [0.29, 0.717) is 15.2 Å². The second kappa shape index (κ2) is 7.79. The van der Waals surface area contributed by atoms with Crippen LogP contribution in [0.1, 0.15) is 9.67 Å². The molecular weight excluding hydrogens is 460 g/mol. The van der Waals surface area contributed by atoms with Crippen molar-refractivity contribution in [2.24, 2.45) is 0 Å².